The third-order valence-corrected chi connectivity index (χ3v) is 4.92. The van der Waals surface area contributed by atoms with Crippen molar-refractivity contribution in [3.63, 3.8) is 0 Å². The zero-order chi connectivity index (χ0) is 13.0. The average Bonchev–Trinajstić information content (AvgIpc) is 2.39. The van der Waals surface area contributed by atoms with Crippen LogP contribution in [0.15, 0.2) is 52.0 Å². The Balaban J connectivity index is 2.24. The maximum Gasteiger partial charge on any atom is 0.0586 e. The maximum absolute atomic E-state index is 12.3. The molecule has 0 bridgehead atoms. The summed E-state index contributed by atoms with van der Waals surface area (Å²) in [5.74, 6) is 0.434. The van der Waals surface area contributed by atoms with Crippen molar-refractivity contribution in [2.75, 3.05) is 0 Å². The lowest BCUT2D eigenvalue weighted by Crippen LogP contribution is -2.06. The van der Waals surface area contributed by atoms with Gasteiger partial charge in [0.05, 0.1) is 27.1 Å². The molecule has 0 saturated heterocycles. The van der Waals surface area contributed by atoms with Crippen LogP contribution in [0.3, 0.4) is 0 Å². The lowest BCUT2D eigenvalue weighted by Gasteiger charge is -2.07. The molecule has 1 aromatic heterocycles. The third kappa shape index (κ3) is 3.04. The maximum atomic E-state index is 12.3. The number of nitrogens with two attached hydrogens (primary N) is 1. The van der Waals surface area contributed by atoms with Crippen molar-refractivity contribution in [2.24, 2.45) is 5.73 Å². The van der Waals surface area contributed by atoms with Gasteiger partial charge >= 0.3 is 0 Å². The van der Waals surface area contributed by atoms with Gasteiger partial charge in [-0.3, -0.25) is 9.19 Å². The minimum atomic E-state index is -1.10. The zero-order valence-corrected chi connectivity index (χ0v) is 12.1. The molecule has 1 aromatic carbocycles. The van der Waals surface area contributed by atoms with Crippen LogP contribution in [-0.4, -0.2) is 9.19 Å². The molecule has 1 atom stereocenters. The number of pyridine rings is 1. The highest BCUT2D eigenvalue weighted by Gasteiger charge is 2.11. The summed E-state index contributed by atoms with van der Waals surface area (Å²) < 4.78 is 13.2. The largest absolute Gasteiger partial charge is 0.325 e. The van der Waals surface area contributed by atoms with E-state index in [2.05, 4.69) is 20.9 Å². The van der Waals surface area contributed by atoms with E-state index in [1.54, 1.807) is 6.20 Å². The molecule has 0 aliphatic carbocycles. The van der Waals surface area contributed by atoms with E-state index in [9.17, 15) is 4.21 Å². The SMILES string of the molecule is NCc1ncccc1CS(=O)c1ccccc1Br. The van der Waals surface area contributed by atoms with Crippen molar-refractivity contribution in [3.8, 4) is 0 Å². The summed E-state index contributed by atoms with van der Waals surface area (Å²) in [5, 5.41) is 0. The van der Waals surface area contributed by atoms with Gasteiger partial charge in [-0.15, -0.1) is 0 Å². The molecule has 2 aromatic rings. The van der Waals surface area contributed by atoms with Gasteiger partial charge in [-0.1, -0.05) is 18.2 Å². The van der Waals surface area contributed by atoms with Gasteiger partial charge < -0.3 is 5.73 Å². The fourth-order valence-corrected chi connectivity index (χ4v) is 3.68. The van der Waals surface area contributed by atoms with Crippen LogP contribution in [0.1, 0.15) is 11.3 Å². The Hall–Kier alpha value is -1.04. The summed E-state index contributed by atoms with van der Waals surface area (Å²) in [6.07, 6.45) is 1.70. The summed E-state index contributed by atoms with van der Waals surface area (Å²) in [6.45, 7) is 0.364. The molecule has 1 unspecified atom stereocenters. The Morgan fingerprint density at radius 1 is 1.22 bits per heavy atom. The van der Waals surface area contributed by atoms with Crippen LogP contribution in [0.2, 0.25) is 0 Å². The van der Waals surface area contributed by atoms with Crippen LogP contribution in [0.4, 0.5) is 0 Å². The van der Waals surface area contributed by atoms with Crippen molar-refractivity contribution in [2.45, 2.75) is 17.2 Å². The highest BCUT2D eigenvalue weighted by atomic mass is 79.9. The number of nitrogens with zero attached hydrogens (tertiary/aromatic N) is 1. The lowest BCUT2D eigenvalue weighted by molar-refractivity contribution is 0.682. The Labute approximate surface area is 117 Å². The fraction of sp³-hybridized carbons (Fsp3) is 0.154. The van der Waals surface area contributed by atoms with Crippen molar-refractivity contribution in [3.05, 3.63) is 58.3 Å². The molecule has 0 radical (unpaired) electrons. The fourth-order valence-electron chi connectivity index (χ4n) is 1.63. The number of aromatic nitrogens is 1. The first-order valence-electron chi connectivity index (χ1n) is 5.48. The predicted molar refractivity (Wildman–Crippen MR) is 76.4 cm³/mol. The molecule has 2 N–H and O–H groups in total. The second kappa shape index (κ2) is 6.22. The van der Waals surface area contributed by atoms with Crippen LogP contribution >= 0.6 is 15.9 Å². The minimum absolute atomic E-state index is 0.364. The monoisotopic (exact) mass is 324 g/mol. The topological polar surface area (TPSA) is 56.0 Å². The second-order valence-electron chi connectivity index (χ2n) is 3.73. The normalized spacial score (nSPS) is 12.3. The molecule has 18 heavy (non-hydrogen) atoms. The first-order valence-corrected chi connectivity index (χ1v) is 7.59. The number of halogens is 1. The van der Waals surface area contributed by atoms with E-state index < -0.39 is 10.8 Å². The Morgan fingerprint density at radius 2 is 2.00 bits per heavy atom. The molecule has 0 amide bonds. The molecule has 0 spiro atoms. The van der Waals surface area contributed by atoms with Gasteiger partial charge in [0.25, 0.3) is 0 Å². The molecule has 3 nitrogen and oxygen atoms in total. The Kier molecular flexibility index (Phi) is 4.63. The highest BCUT2D eigenvalue weighted by molar-refractivity contribution is 9.10. The van der Waals surface area contributed by atoms with Gasteiger partial charge in [0.1, 0.15) is 0 Å². The van der Waals surface area contributed by atoms with E-state index in [0.717, 1.165) is 20.6 Å². The van der Waals surface area contributed by atoms with Gasteiger partial charge in [0, 0.05) is 17.2 Å². The summed E-state index contributed by atoms with van der Waals surface area (Å²) in [6, 6.07) is 11.3. The van der Waals surface area contributed by atoms with Gasteiger partial charge in [0.15, 0.2) is 0 Å². The van der Waals surface area contributed by atoms with Crippen molar-refractivity contribution < 1.29 is 4.21 Å². The third-order valence-electron chi connectivity index (χ3n) is 2.55. The van der Waals surface area contributed by atoms with Gasteiger partial charge in [-0.2, -0.15) is 0 Å². The molecule has 94 valence electrons. The van der Waals surface area contributed by atoms with E-state index in [1.165, 1.54) is 0 Å². The van der Waals surface area contributed by atoms with E-state index in [0.29, 0.717) is 12.3 Å². The Bertz CT molecular complexity index is 574. The molecule has 0 fully saturated rings. The van der Waals surface area contributed by atoms with Gasteiger partial charge in [-0.05, 0) is 39.7 Å². The van der Waals surface area contributed by atoms with Gasteiger partial charge in [0.2, 0.25) is 0 Å². The number of rotatable bonds is 4. The summed E-state index contributed by atoms with van der Waals surface area (Å²) in [4.78, 5) is 4.99. The van der Waals surface area contributed by atoms with Crippen LogP contribution < -0.4 is 5.73 Å². The molecular formula is C13H13BrN2OS. The smallest absolute Gasteiger partial charge is 0.0586 e. The lowest BCUT2D eigenvalue weighted by atomic mass is 10.2. The molecule has 2 rings (SSSR count). The van der Waals surface area contributed by atoms with E-state index in [1.807, 2.05) is 36.4 Å². The summed E-state index contributed by atoms with van der Waals surface area (Å²) in [7, 11) is -1.10. The average molecular weight is 325 g/mol. The molecule has 5 heteroatoms. The van der Waals surface area contributed by atoms with E-state index in [-0.39, 0.29) is 0 Å². The quantitative estimate of drug-likeness (QED) is 0.940. The molecule has 1 heterocycles. The van der Waals surface area contributed by atoms with Crippen LogP contribution in [0.25, 0.3) is 0 Å². The number of hydrogen-bond acceptors (Lipinski definition) is 3. The minimum Gasteiger partial charge on any atom is -0.325 e. The van der Waals surface area contributed by atoms with Crippen molar-refractivity contribution >= 4 is 26.7 Å². The van der Waals surface area contributed by atoms with Crippen LogP contribution in [0, 0.1) is 0 Å². The first-order chi connectivity index (χ1) is 8.72. The number of benzene rings is 1. The van der Waals surface area contributed by atoms with Crippen LogP contribution in [0.5, 0.6) is 0 Å². The highest BCUT2D eigenvalue weighted by Crippen LogP contribution is 2.22. The van der Waals surface area contributed by atoms with E-state index >= 15 is 0 Å². The first kappa shape index (κ1) is 13.4. The van der Waals surface area contributed by atoms with Crippen LogP contribution in [-0.2, 0) is 23.1 Å². The molecular weight excluding hydrogens is 312 g/mol. The zero-order valence-electron chi connectivity index (χ0n) is 9.67. The number of hydrogen-bond donors (Lipinski definition) is 1. The summed E-state index contributed by atoms with van der Waals surface area (Å²) in [5.41, 5.74) is 7.37. The Morgan fingerprint density at radius 3 is 2.72 bits per heavy atom. The predicted octanol–water partition coefficient (Wildman–Crippen LogP) is 2.61. The second-order valence-corrected chi connectivity index (χ2v) is 6.01. The van der Waals surface area contributed by atoms with Gasteiger partial charge in [-0.25, -0.2) is 0 Å². The van der Waals surface area contributed by atoms with E-state index in [4.69, 9.17) is 5.73 Å². The molecule has 0 aliphatic rings. The summed E-state index contributed by atoms with van der Waals surface area (Å²) >= 11 is 3.41. The standard InChI is InChI=1S/C13H13BrN2OS/c14-11-5-1-2-6-13(11)18(17)9-10-4-3-7-16-12(10)8-15/h1-7H,8-9,15H2. The molecule has 0 aliphatic heterocycles. The van der Waals surface area contributed by atoms with Crippen molar-refractivity contribution in [1.29, 1.82) is 0 Å². The molecule has 0 saturated carbocycles. The van der Waals surface area contributed by atoms with Crippen molar-refractivity contribution in [1.82, 2.24) is 4.98 Å².